The fraction of sp³-hybridized carbons (Fsp3) is 0.133. The Morgan fingerprint density at radius 3 is 2.91 bits per heavy atom. The molecule has 0 aliphatic carbocycles. The maximum Gasteiger partial charge on any atom is 0.287 e. The molecule has 2 heterocycles. The lowest BCUT2D eigenvalue weighted by atomic mass is 10.2. The maximum absolute atomic E-state index is 11.6. The van der Waals surface area contributed by atoms with Crippen LogP contribution in [0.5, 0.6) is 11.5 Å². The highest BCUT2D eigenvalue weighted by Crippen LogP contribution is 2.31. The summed E-state index contributed by atoms with van der Waals surface area (Å²) in [4.78, 5) is 23.1. The number of carbonyl (C=O) groups is 2. The molecule has 0 spiro atoms. The smallest absolute Gasteiger partial charge is 0.287 e. The molecular weight excluding hydrogens is 302 g/mol. The van der Waals surface area contributed by atoms with Crippen LogP contribution in [0, 0.1) is 0 Å². The van der Waals surface area contributed by atoms with E-state index in [1.807, 2.05) is 0 Å². The minimum atomic E-state index is -0.468. The molecule has 0 radical (unpaired) electrons. The number of carbonyl (C=O) groups excluding carboxylic acids is 2. The number of nitrogens with one attached hydrogen (secondary N) is 2. The lowest BCUT2D eigenvalue weighted by Gasteiger charge is -2.02. The summed E-state index contributed by atoms with van der Waals surface area (Å²) in [6, 6.07) is 8.38. The summed E-state index contributed by atoms with van der Waals surface area (Å²) in [5.41, 5.74) is 3.06. The molecule has 1 aliphatic heterocycles. The van der Waals surface area contributed by atoms with Crippen LogP contribution >= 0.6 is 0 Å². The molecule has 0 bridgehead atoms. The first-order valence-electron chi connectivity index (χ1n) is 6.75. The van der Waals surface area contributed by atoms with E-state index in [1.165, 1.54) is 18.5 Å². The number of fused-ring (bicyclic) bond motifs is 1. The van der Waals surface area contributed by atoms with Crippen molar-refractivity contribution in [2.24, 2.45) is 5.10 Å². The largest absolute Gasteiger partial charge is 0.459 e. The van der Waals surface area contributed by atoms with Crippen LogP contribution in [-0.4, -0.2) is 31.4 Å². The number of benzene rings is 1. The second-order valence-corrected chi connectivity index (χ2v) is 4.57. The van der Waals surface area contributed by atoms with Crippen LogP contribution < -0.4 is 20.2 Å². The van der Waals surface area contributed by atoms with Crippen molar-refractivity contribution in [2.75, 3.05) is 13.3 Å². The molecule has 0 saturated carbocycles. The van der Waals surface area contributed by atoms with Crippen molar-refractivity contribution in [1.82, 2.24) is 10.7 Å². The Hall–Kier alpha value is -3.29. The Balaban J connectivity index is 1.46. The Morgan fingerprint density at radius 1 is 1.22 bits per heavy atom. The predicted molar refractivity (Wildman–Crippen MR) is 79.3 cm³/mol. The highest BCUT2D eigenvalue weighted by Gasteiger charge is 2.12. The van der Waals surface area contributed by atoms with Crippen molar-refractivity contribution in [3.05, 3.63) is 47.9 Å². The van der Waals surface area contributed by atoms with Crippen LogP contribution in [0.1, 0.15) is 16.1 Å². The van der Waals surface area contributed by atoms with Gasteiger partial charge in [-0.15, -0.1) is 0 Å². The van der Waals surface area contributed by atoms with Crippen LogP contribution in [0.2, 0.25) is 0 Å². The van der Waals surface area contributed by atoms with Gasteiger partial charge in [0.05, 0.1) is 19.0 Å². The molecule has 3 rings (SSSR count). The van der Waals surface area contributed by atoms with Gasteiger partial charge in [0, 0.05) is 0 Å². The number of hydrogen-bond donors (Lipinski definition) is 2. The third kappa shape index (κ3) is 3.67. The van der Waals surface area contributed by atoms with Gasteiger partial charge in [0.2, 0.25) is 6.79 Å². The summed E-state index contributed by atoms with van der Waals surface area (Å²) < 4.78 is 15.3. The van der Waals surface area contributed by atoms with Crippen molar-refractivity contribution in [1.29, 1.82) is 0 Å². The van der Waals surface area contributed by atoms with Crippen LogP contribution in [0.15, 0.2) is 46.1 Å². The number of nitrogens with zero attached hydrogens (tertiary/aromatic N) is 1. The zero-order chi connectivity index (χ0) is 16.1. The highest BCUT2D eigenvalue weighted by atomic mass is 16.7. The van der Waals surface area contributed by atoms with Crippen molar-refractivity contribution < 1.29 is 23.5 Å². The Labute approximate surface area is 131 Å². The van der Waals surface area contributed by atoms with Crippen LogP contribution in [0.4, 0.5) is 0 Å². The van der Waals surface area contributed by atoms with E-state index in [4.69, 9.17) is 13.9 Å². The van der Waals surface area contributed by atoms with Gasteiger partial charge in [0.15, 0.2) is 17.3 Å². The summed E-state index contributed by atoms with van der Waals surface area (Å²) in [5, 5.41) is 6.22. The van der Waals surface area contributed by atoms with Crippen LogP contribution in [0.25, 0.3) is 0 Å². The van der Waals surface area contributed by atoms with Gasteiger partial charge in [0.1, 0.15) is 0 Å². The molecule has 8 nitrogen and oxygen atoms in total. The molecule has 2 amide bonds. The topological polar surface area (TPSA) is 102 Å². The molecule has 8 heteroatoms. The minimum absolute atomic E-state index is 0.140. The fourth-order valence-electron chi connectivity index (χ4n) is 1.87. The molecule has 23 heavy (non-hydrogen) atoms. The van der Waals surface area contributed by atoms with Gasteiger partial charge in [-0.1, -0.05) is 0 Å². The normalized spacial score (nSPS) is 12.3. The lowest BCUT2D eigenvalue weighted by Crippen LogP contribution is -2.34. The van der Waals surface area contributed by atoms with Gasteiger partial charge in [-0.2, -0.15) is 5.10 Å². The average Bonchev–Trinajstić information content (AvgIpc) is 3.23. The number of hydrazone groups is 1. The Bertz CT molecular complexity index is 740. The van der Waals surface area contributed by atoms with E-state index in [9.17, 15) is 9.59 Å². The van der Waals surface area contributed by atoms with E-state index < -0.39 is 11.8 Å². The monoisotopic (exact) mass is 315 g/mol. The van der Waals surface area contributed by atoms with Gasteiger partial charge in [0.25, 0.3) is 11.8 Å². The van der Waals surface area contributed by atoms with Gasteiger partial charge < -0.3 is 19.2 Å². The molecule has 0 unspecified atom stereocenters. The van der Waals surface area contributed by atoms with Crippen molar-refractivity contribution >= 4 is 18.0 Å². The van der Waals surface area contributed by atoms with E-state index in [-0.39, 0.29) is 19.1 Å². The van der Waals surface area contributed by atoms with Crippen molar-refractivity contribution in [2.45, 2.75) is 0 Å². The molecule has 1 aliphatic rings. The molecule has 0 fully saturated rings. The number of furan rings is 1. The zero-order valence-electron chi connectivity index (χ0n) is 11.9. The number of rotatable bonds is 5. The summed E-state index contributed by atoms with van der Waals surface area (Å²) in [7, 11) is 0. The third-order valence-electron chi connectivity index (χ3n) is 2.95. The number of hydrogen-bond acceptors (Lipinski definition) is 6. The van der Waals surface area contributed by atoms with E-state index in [2.05, 4.69) is 15.8 Å². The molecule has 2 N–H and O–H groups in total. The first kappa shape index (κ1) is 14.6. The summed E-state index contributed by atoms with van der Waals surface area (Å²) in [5.74, 6) is 0.520. The minimum Gasteiger partial charge on any atom is -0.459 e. The second kappa shape index (κ2) is 6.65. The Morgan fingerprint density at radius 2 is 2.09 bits per heavy atom. The average molecular weight is 315 g/mol. The molecule has 0 atom stereocenters. The van der Waals surface area contributed by atoms with E-state index >= 15 is 0 Å². The number of amides is 2. The summed E-state index contributed by atoms with van der Waals surface area (Å²) >= 11 is 0. The predicted octanol–water partition coefficient (Wildman–Crippen LogP) is 0.888. The molecule has 1 aromatic carbocycles. The van der Waals surface area contributed by atoms with Crippen LogP contribution in [-0.2, 0) is 4.79 Å². The summed E-state index contributed by atoms with van der Waals surface area (Å²) in [6.07, 6.45) is 2.85. The van der Waals surface area contributed by atoms with Crippen LogP contribution in [0.3, 0.4) is 0 Å². The fourth-order valence-corrected chi connectivity index (χ4v) is 1.87. The standard InChI is InChI=1S/C15H13N3O5/c19-14(8-16-15(20)12-2-1-5-21-12)18-17-7-10-3-4-11-13(6-10)23-9-22-11/h1-7H,8-9H2,(H,16,20)(H,18,19)/b17-7+. The van der Waals surface area contributed by atoms with E-state index in [0.717, 1.165) is 5.56 Å². The van der Waals surface area contributed by atoms with Gasteiger partial charge in [-0.25, -0.2) is 5.43 Å². The SMILES string of the molecule is O=C(CNC(=O)c1ccco1)N/N=C/c1ccc2c(c1)OCO2. The maximum atomic E-state index is 11.6. The second-order valence-electron chi connectivity index (χ2n) is 4.57. The third-order valence-corrected chi connectivity index (χ3v) is 2.95. The first-order valence-corrected chi connectivity index (χ1v) is 6.75. The van der Waals surface area contributed by atoms with Crippen molar-refractivity contribution in [3.63, 3.8) is 0 Å². The summed E-state index contributed by atoms with van der Waals surface area (Å²) in [6.45, 7) is -0.0138. The molecule has 118 valence electrons. The van der Waals surface area contributed by atoms with Gasteiger partial charge in [-0.3, -0.25) is 9.59 Å². The molecule has 2 aromatic rings. The van der Waals surface area contributed by atoms with E-state index in [1.54, 1.807) is 24.3 Å². The van der Waals surface area contributed by atoms with Gasteiger partial charge >= 0.3 is 0 Å². The van der Waals surface area contributed by atoms with E-state index in [0.29, 0.717) is 11.5 Å². The molecular formula is C15H13N3O5. The molecule has 0 saturated heterocycles. The first-order chi connectivity index (χ1) is 11.2. The van der Waals surface area contributed by atoms with Gasteiger partial charge in [-0.05, 0) is 35.9 Å². The number of ether oxygens (including phenoxy) is 2. The molecule has 1 aromatic heterocycles. The lowest BCUT2D eigenvalue weighted by molar-refractivity contribution is -0.120. The quantitative estimate of drug-likeness (QED) is 0.630. The highest BCUT2D eigenvalue weighted by molar-refractivity contribution is 5.94. The Kier molecular flexibility index (Phi) is 4.23. The van der Waals surface area contributed by atoms with Crippen molar-refractivity contribution in [3.8, 4) is 11.5 Å². The zero-order valence-corrected chi connectivity index (χ0v) is 11.9.